The molecule has 166 valence electrons. The lowest BCUT2D eigenvalue weighted by Crippen LogP contribution is -2.12. The highest BCUT2D eigenvalue weighted by Gasteiger charge is 2.25. The van der Waals surface area contributed by atoms with Crippen molar-refractivity contribution < 1.29 is 0 Å². The molecule has 1 fully saturated rings. The Morgan fingerprint density at radius 3 is 1.88 bits per heavy atom. The van der Waals surface area contributed by atoms with Crippen LogP contribution in [0.25, 0.3) is 37.7 Å². The van der Waals surface area contributed by atoms with E-state index >= 15 is 0 Å². The van der Waals surface area contributed by atoms with Crippen molar-refractivity contribution in [2.24, 2.45) is 0 Å². The molecule has 0 radical (unpaired) electrons. The number of hydrogen-bond acceptors (Lipinski definition) is 2. The van der Waals surface area contributed by atoms with Crippen molar-refractivity contribution in [3.63, 3.8) is 0 Å². The highest BCUT2D eigenvalue weighted by atomic mass is 32.1. The van der Waals surface area contributed by atoms with Crippen LogP contribution in [0.3, 0.4) is 0 Å². The Balaban J connectivity index is 1.14. The van der Waals surface area contributed by atoms with Crippen LogP contribution in [0.1, 0.15) is 48.1 Å². The summed E-state index contributed by atoms with van der Waals surface area (Å²) in [6.07, 6.45) is 4.96. The Morgan fingerprint density at radius 1 is 0.618 bits per heavy atom. The molecule has 3 heteroatoms. The summed E-state index contributed by atoms with van der Waals surface area (Å²) >= 11 is 1.89. The summed E-state index contributed by atoms with van der Waals surface area (Å²) in [7, 11) is 0. The van der Waals surface area contributed by atoms with Crippen LogP contribution in [0, 0.1) is 0 Å². The van der Waals surface area contributed by atoms with Crippen LogP contribution in [-0.2, 0) is 0 Å². The number of rotatable bonds is 3. The predicted molar refractivity (Wildman–Crippen MR) is 144 cm³/mol. The highest BCUT2D eigenvalue weighted by Crippen LogP contribution is 2.42. The molecule has 0 spiro atoms. The van der Waals surface area contributed by atoms with Crippen molar-refractivity contribution >= 4 is 43.4 Å². The first-order chi connectivity index (χ1) is 16.8. The third-order valence-corrected chi connectivity index (χ3v) is 8.79. The highest BCUT2D eigenvalue weighted by molar-refractivity contribution is 7.18. The Morgan fingerprint density at radius 2 is 1.21 bits per heavy atom. The van der Waals surface area contributed by atoms with Gasteiger partial charge in [-0.15, -0.1) is 11.3 Å². The fourth-order valence-corrected chi connectivity index (χ4v) is 6.97. The number of para-hydroxylation sites is 3. The molecule has 0 bridgehead atoms. The van der Waals surface area contributed by atoms with Gasteiger partial charge in [0.25, 0.3) is 0 Å². The molecule has 0 aliphatic heterocycles. The minimum Gasteiger partial charge on any atom is -0.309 e. The van der Waals surface area contributed by atoms with E-state index in [9.17, 15) is 0 Å². The average molecular weight is 459 g/mol. The minimum absolute atomic E-state index is 0.616. The first kappa shape index (κ1) is 20.0. The third-order valence-electron chi connectivity index (χ3n) is 7.59. The van der Waals surface area contributed by atoms with Gasteiger partial charge in [0.15, 0.2) is 0 Å². The van der Waals surface area contributed by atoms with Gasteiger partial charge in [-0.05, 0) is 73.6 Å². The molecule has 1 saturated carbocycles. The van der Waals surface area contributed by atoms with Crippen LogP contribution >= 0.6 is 11.3 Å². The average Bonchev–Trinajstić information content (AvgIpc) is 3.49. The van der Waals surface area contributed by atoms with E-state index in [1.165, 1.54) is 68.4 Å². The van der Waals surface area contributed by atoms with Gasteiger partial charge in [0, 0.05) is 22.4 Å². The molecule has 2 nitrogen and oxygen atoms in total. The van der Waals surface area contributed by atoms with E-state index in [0.29, 0.717) is 11.8 Å². The van der Waals surface area contributed by atoms with Gasteiger partial charge < -0.3 is 4.57 Å². The first-order valence-corrected chi connectivity index (χ1v) is 13.1. The number of thiazole rings is 1. The lowest BCUT2D eigenvalue weighted by Gasteiger charge is -2.27. The van der Waals surface area contributed by atoms with Crippen LogP contribution < -0.4 is 0 Å². The molecule has 0 amide bonds. The number of benzene rings is 4. The van der Waals surface area contributed by atoms with Crippen molar-refractivity contribution in [1.82, 2.24) is 9.55 Å². The van der Waals surface area contributed by atoms with Gasteiger partial charge in [-0.3, -0.25) is 0 Å². The Kier molecular flexibility index (Phi) is 4.76. The fraction of sp³-hybridized carbons (Fsp3) is 0.194. The summed E-state index contributed by atoms with van der Waals surface area (Å²) in [5, 5.41) is 3.96. The van der Waals surface area contributed by atoms with Crippen molar-refractivity contribution in [3.05, 3.63) is 108 Å². The molecular weight excluding hydrogens is 432 g/mol. The van der Waals surface area contributed by atoms with Crippen LogP contribution in [0.2, 0.25) is 0 Å². The first-order valence-electron chi connectivity index (χ1n) is 12.3. The Labute approximate surface area is 203 Å². The van der Waals surface area contributed by atoms with Crippen LogP contribution in [-0.4, -0.2) is 9.55 Å². The second kappa shape index (κ2) is 8.11. The summed E-state index contributed by atoms with van der Waals surface area (Å²) in [4.78, 5) is 4.94. The second-order valence-electron chi connectivity index (χ2n) is 9.53. The van der Waals surface area contributed by atoms with E-state index in [4.69, 9.17) is 4.98 Å². The van der Waals surface area contributed by atoms with Gasteiger partial charge in [-0.1, -0.05) is 60.7 Å². The monoisotopic (exact) mass is 458 g/mol. The summed E-state index contributed by atoms with van der Waals surface area (Å²) in [5.74, 6) is 1.27. The summed E-state index contributed by atoms with van der Waals surface area (Å²) in [6.45, 7) is 0. The topological polar surface area (TPSA) is 17.8 Å². The molecule has 2 heterocycles. The second-order valence-corrected chi connectivity index (χ2v) is 10.6. The maximum absolute atomic E-state index is 4.94. The van der Waals surface area contributed by atoms with Crippen molar-refractivity contribution in [2.75, 3.05) is 0 Å². The molecule has 1 aliphatic carbocycles. The zero-order valence-corrected chi connectivity index (χ0v) is 19.8. The summed E-state index contributed by atoms with van der Waals surface area (Å²) in [5.41, 5.74) is 6.42. The van der Waals surface area contributed by atoms with E-state index in [0.717, 1.165) is 5.52 Å². The maximum Gasteiger partial charge on any atom is 0.0969 e. The van der Waals surface area contributed by atoms with Gasteiger partial charge in [0.05, 0.1) is 26.3 Å². The van der Waals surface area contributed by atoms with Crippen molar-refractivity contribution in [2.45, 2.75) is 37.5 Å². The minimum atomic E-state index is 0.616. The number of hydrogen-bond donors (Lipinski definition) is 0. The molecule has 7 rings (SSSR count). The predicted octanol–water partition coefficient (Wildman–Crippen LogP) is 8.83. The molecule has 6 aromatic rings. The number of nitrogens with zero attached hydrogens (tertiary/aromatic N) is 2. The molecule has 2 aromatic heterocycles. The molecule has 0 N–H and O–H groups in total. The maximum atomic E-state index is 4.94. The summed E-state index contributed by atoms with van der Waals surface area (Å²) in [6, 6.07) is 35.3. The standard InChI is InChI=1S/C31H26N2S/c1-4-10-28-25(7-1)26-8-2-5-11-29(26)33(28)24-19-17-22(18-20-24)21-13-15-23(16-14-21)31-32-27-9-3-6-12-30(27)34-31/h1-12,17-21,23H,13-16H2. The van der Waals surface area contributed by atoms with Crippen LogP contribution in [0.15, 0.2) is 97.1 Å². The number of aromatic nitrogens is 2. The van der Waals surface area contributed by atoms with E-state index in [2.05, 4.69) is 102 Å². The smallest absolute Gasteiger partial charge is 0.0969 e. The van der Waals surface area contributed by atoms with Crippen LogP contribution in [0.5, 0.6) is 0 Å². The quantitative estimate of drug-likeness (QED) is 0.259. The van der Waals surface area contributed by atoms with Gasteiger partial charge in [0.2, 0.25) is 0 Å². The van der Waals surface area contributed by atoms with Gasteiger partial charge in [-0.2, -0.15) is 0 Å². The molecule has 4 aromatic carbocycles. The lowest BCUT2D eigenvalue weighted by molar-refractivity contribution is 0.396. The van der Waals surface area contributed by atoms with Crippen molar-refractivity contribution in [1.29, 1.82) is 0 Å². The van der Waals surface area contributed by atoms with E-state index in [1.807, 2.05) is 11.3 Å². The Bertz CT molecular complexity index is 1530. The largest absolute Gasteiger partial charge is 0.309 e. The normalized spacial score (nSPS) is 18.7. The molecule has 0 unspecified atom stereocenters. The van der Waals surface area contributed by atoms with Gasteiger partial charge >= 0.3 is 0 Å². The molecule has 1 aliphatic rings. The molecular formula is C31H26N2S. The van der Waals surface area contributed by atoms with E-state index in [-0.39, 0.29) is 0 Å². The van der Waals surface area contributed by atoms with Gasteiger partial charge in [-0.25, -0.2) is 4.98 Å². The molecule has 0 atom stereocenters. The molecule has 0 saturated heterocycles. The fourth-order valence-electron chi connectivity index (χ4n) is 5.83. The summed E-state index contributed by atoms with van der Waals surface area (Å²) < 4.78 is 3.72. The Hall–Kier alpha value is -3.43. The number of fused-ring (bicyclic) bond motifs is 4. The van der Waals surface area contributed by atoms with E-state index < -0.39 is 0 Å². The van der Waals surface area contributed by atoms with Crippen LogP contribution in [0.4, 0.5) is 0 Å². The SMILES string of the molecule is c1ccc2sc(C3CCC(c4ccc(-n5c6ccccc6c6ccccc65)cc4)CC3)nc2c1. The van der Waals surface area contributed by atoms with E-state index in [1.54, 1.807) is 0 Å². The zero-order valence-electron chi connectivity index (χ0n) is 19.0. The van der Waals surface area contributed by atoms with Crippen molar-refractivity contribution in [3.8, 4) is 5.69 Å². The third kappa shape index (κ3) is 3.26. The van der Waals surface area contributed by atoms with Gasteiger partial charge in [0.1, 0.15) is 0 Å². The molecule has 34 heavy (non-hydrogen) atoms. The lowest BCUT2D eigenvalue weighted by atomic mass is 9.79. The zero-order chi connectivity index (χ0) is 22.5.